The van der Waals surface area contributed by atoms with E-state index in [1.807, 2.05) is 26.8 Å². The Balaban J connectivity index is 2.15. The van der Waals surface area contributed by atoms with Crippen LogP contribution in [0.4, 0.5) is 0 Å². The number of benzene rings is 2. The van der Waals surface area contributed by atoms with Gasteiger partial charge in [-0.15, -0.1) is 0 Å². The van der Waals surface area contributed by atoms with Gasteiger partial charge in [-0.25, -0.2) is 0 Å². The zero-order valence-electron chi connectivity index (χ0n) is 18.9. The summed E-state index contributed by atoms with van der Waals surface area (Å²) in [7, 11) is 0. The van der Waals surface area contributed by atoms with E-state index in [9.17, 15) is 4.79 Å². The second-order valence-electron chi connectivity index (χ2n) is 8.48. The number of rotatable bonds is 4. The van der Waals surface area contributed by atoms with Crippen molar-refractivity contribution in [2.75, 3.05) is 0 Å². The topological polar surface area (TPSA) is 44.9 Å². The lowest BCUT2D eigenvalue weighted by Crippen LogP contribution is -2.30. The first-order valence-corrected chi connectivity index (χ1v) is 10.3. The standard InChI is InChI=1S/C26H32N2O/c1-14(2)28-26(29)15(3)11-23-17(5)19(7)25(20(8)18(23)6)21-9-10-24-22(12-21)16(4)13-27-24/h9-14,27H,1-8H3,(H,28,29). The third kappa shape index (κ3) is 3.87. The molecule has 1 aromatic heterocycles. The van der Waals surface area contributed by atoms with Gasteiger partial charge in [0.1, 0.15) is 0 Å². The van der Waals surface area contributed by atoms with Gasteiger partial charge in [-0.3, -0.25) is 4.79 Å². The summed E-state index contributed by atoms with van der Waals surface area (Å²) in [5.74, 6) is -0.00781. The zero-order valence-corrected chi connectivity index (χ0v) is 18.9. The highest BCUT2D eigenvalue weighted by Gasteiger charge is 2.17. The monoisotopic (exact) mass is 388 g/mol. The molecule has 3 aromatic rings. The van der Waals surface area contributed by atoms with Gasteiger partial charge in [0.2, 0.25) is 5.91 Å². The second-order valence-corrected chi connectivity index (χ2v) is 8.48. The number of aryl methyl sites for hydroxylation is 1. The van der Waals surface area contributed by atoms with Crippen LogP contribution in [-0.4, -0.2) is 16.9 Å². The van der Waals surface area contributed by atoms with Crippen molar-refractivity contribution in [3.8, 4) is 11.1 Å². The van der Waals surface area contributed by atoms with Crippen LogP contribution >= 0.6 is 0 Å². The average Bonchev–Trinajstić information content (AvgIpc) is 3.03. The number of aromatic amines is 1. The Kier molecular flexibility index (Phi) is 5.70. The number of nitrogens with one attached hydrogen (secondary N) is 2. The lowest BCUT2D eigenvalue weighted by Gasteiger charge is -2.20. The van der Waals surface area contributed by atoms with Crippen molar-refractivity contribution in [1.29, 1.82) is 0 Å². The van der Waals surface area contributed by atoms with E-state index in [-0.39, 0.29) is 11.9 Å². The van der Waals surface area contributed by atoms with E-state index in [2.05, 4.69) is 69.3 Å². The van der Waals surface area contributed by atoms with Crippen LogP contribution < -0.4 is 5.32 Å². The summed E-state index contributed by atoms with van der Waals surface area (Å²) in [6.07, 6.45) is 4.09. The molecular formula is C26H32N2O. The molecule has 1 amide bonds. The van der Waals surface area contributed by atoms with E-state index >= 15 is 0 Å². The molecule has 0 atom stereocenters. The van der Waals surface area contributed by atoms with Gasteiger partial charge in [0.15, 0.2) is 0 Å². The fraction of sp³-hybridized carbons (Fsp3) is 0.346. The van der Waals surface area contributed by atoms with E-state index in [4.69, 9.17) is 0 Å². The Morgan fingerprint density at radius 2 is 1.62 bits per heavy atom. The highest BCUT2D eigenvalue weighted by atomic mass is 16.1. The number of H-pyrrole nitrogens is 1. The molecule has 2 N–H and O–H groups in total. The number of fused-ring (bicyclic) bond motifs is 1. The van der Waals surface area contributed by atoms with Crippen LogP contribution in [0.1, 0.15) is 54.2 Å². The summed E-state index contributed by atoms with van der Waals surface area (Å²) in [5.41, 5.74) is 11.8. The molecule has 0 aliphatic carbocycles. The molecule has 0 unspecified atom stereocenters. The molecule has 1 heterocycles. The molecule has 0 saturated heterocycles. The van der Waals surface area contributed by atoms with Crippen molar-refractivity contribution in [2.45, 2.75) is 61.4 Å². The Hall–Kier alpha value is -2.81. The Morgan fingerprint density at radius 3 is 2.21 bits per heavy atom. The molecule has 3 rings (SSSR count). The first-order valence-electron chi connectivity index (χ1n) is 10.3. The smallest absolute Gasteiger partial charge is 0.247 e. The summed E-state index contributed by atoms with van der Waals surface area (Å²) in [6, 6.07) is 6.77. The summed E-state index contributed by atoms with van der Waals surface area (Å²) < 4.78 is 0. The maximum absolute atomic E-state index is 12.4. The number of aromatic nitrogens is 1. The van der Waals surface area contributed by atoms with E-state index < -0.39 is 0 Å². The largest absolute Gasteiger partial charge is 0.361 e. The normalized spacial score (nSPS) is 12.1. The van der Waals surface area contributed by atoms with Crippen LogP contribution in [0.2, 0.25) is 0 Å². The fourth-order valence-electron chi connectivity index (χ4n) is 4.06. The molecule has 2 aromatic carbocycles. The predicted octanol–water partition coefficient (Wildman–Crippen LogP) is 6.30. The highest BCUT2D eigenvalue weighted by Crippen LogP contribution is 2.36. The van der Waals surface area contributed by atoms with Crippen LogP contribution in [0.5, 0.6) is 0 Å². The first kappa shape index (κ1) is 20.9. The number of carbonyl (C=O) groups excluding carboxylic acids is 1. The van der Waals surface area contributed by atoms with Crippen molar-refractivity contribution < 1.29 is 4.79 Å². The third-order valence-electron chi connectivity index (χ3n) is 6.00. The van der Waals surface area contributed by atoms with E-state index in [0.29, 0.717) is 0 Å². The average molecular weight is 389 g/mol. The summed E-state index contributed by atoms with van der Waals surface area (Å²) in [5, 5.41) is 4.24. The summed E-state index contributed by atoms with van der Waals surface area (Å²) in [4.78, 5) is 15.7. The fourth-order valence-corrected chi connectivity index (χ4v) is 4.06. The molecule has 3 heteroatoms. The van der Waals surface area contributed by atoms with Crippen molar-refractivity contribution in [1.82, 2.24) is 10.3 Å². The van der Waals surface area contributed by atoms with Gasteiger partial charge >= 0.3 is 0 Å². The molecule has 152 valence electrons. The van der Waals surface area contributed by atoms with E-state index in [0.717, 1.165) is 11.1 Å². The van der Waals surface area contributed by atoms with Crippen LogP contribution in [0, 0.1) is 34.6 Å². The minimum atomic E-state index is -0.00781. The van der Waals surface area contributed by atoms with Gasteiger partial charge in [0, 0.05) is 28.7 Å². The minimum Gasteiger partial charge on any atom is -0.361 e. The lowest BCUT2D eigenvalue weighted by atomic mass is 9.85. The molecule has 0 aliphatic rings. The summed E-state index contributed by atoms with van der Waals surface area (Å²) in [6.45, 7) is 16.7. The molecule has 0 fully saturated rings. The molecule has 29 heavy (non-hydrogen) atoms. The number of hydrogen-bond donors (Lipinski definition) is 2. The quantitative estimate of drug-likeness (QED) is 0.506. The molecular weight excluding hydrogens is 356 g/mol. The van der Waals surface area contributed by atoms with Crippen molar-refractivity contribution in [3.05, 3.63) is 63.3 Å². The maximum atomic E-state index is 12.4. The zero-order chi connectivity index (χ0) is 21.5. The Morgan fingerprint density at radius 1 is 1.00 bits per heavy atom. The predicted molar refractivity (Wildman–Crippen MR) is 124 cm³/mol. The molecule has 0 radical (unpaired) electrons. The van der Waals surface area contributed by atoms with Gasteiger partial charge in [-0.05, 0) is 118 Å². The van der Waals surface area contributed by atoms with Crippen LogP contribution in [0.25, 0.3) is 28.1 Å². The third-order valence-corrected chi connectivity index (χ3v) is 6.00. The van der Waals surface area contributed by atoms with E-state index in [1.54, 1.807) is 0 Å². The number of hydrogen-bond acceptors (Lipinski definition) is 1. The van der Waals surface area contributed by atoms with Gasteiger partial charge in [-0.2, -0.15) is 0 Å². The van der Waals surface area contributed by atoms with Crippen LogP contribution in [-0.2, 0) is 4.79 Å². The minimum absolute atomic E-state index is 0.00781. The maximum Gasteiger partial charge on any atom is 0.247 e. The number of amides is 1. The van der Waals surface area contributed by atoms with Gasteiger partial charge in [0.25, 0.3) is 0 Å². The molecule has 0 spiro atoms. The molecule has 3 nitrogen and oxygen atoms in total. The van der Waals surface area contributed by atoms with Gasteiger partial charge in [0.05, 0.1) is 0 Å². The van der Waals surface area contributed by atoms with Crippen molar-refractivity contribution >= 4 is 22.9 Å². The highest BCUT2D eigenvalue weighted by molar-refractivity contribution is 5.98. The lowest BCUT2D eigenvalue weighted by molar-refractivity contribution is -0.117. The Bertz CT molecular complexity index is 1100. The van der Waals surface area contributed by atoms with E-state index in [1.165, 1.54) is 49.8 Å². The van der Waals surface area contributed by atoms with Gasteiger partial charge in [-0.1, -0.05) is 6.07 Å². The van der Waals surface area contributed by atoms with Gasteiger partial charge < -0.3 is 10.3 Å². The van der Waals surface area contributed by atoms with Crippen LogP contribution in [0.3, 0.4) is 0 Å². The number of carbonyl (C=O) groups is 1. The molecule has 0 bridgehead atoms. The Labute approximate surface area is 174 Å². The second kappa shape index (κ2) is 7.90. The van der Waals surface area contributed by atoms with Crippen molar-refractivity contribution in [2.24, 2.45) is 0 Å². The SMILES string of the molecule is CC(=Cc1c(C)c(C)c(-c2ccc3[nH]cc(C)c3c2)c(C)c1C)C(=O)NC(C)C. The molecule has 0 saturated carbocycles. The van der Waals surface area contributed by atoms with Crippen molar-refractivity contribution in [3.63, 3.8) is 0 Å². The first-order chi connectivity index (χ1) is 13.6. The molecule has 0 aliphatic heterocycles. The van der Waals surface area contributed by atoms with Crippen LogP contribution in [0.15, 0.2) is 30.0 Å². The summed E-state index contributed by atoms with van der Waals surface area (Å²) >= 11 is 0.